The summed E-state index contributed by atoms with van der Waals surface area (Å²) in [6.07, 6.45) is 6.34. The average Bonchev–Trinajstić information content (AvgIpc) is 3.20. The van der Waals surface area contributed by atoms with Crippen molar-refractivity contribution in [1.82, 2.24) is 13.7 Å². The summed E-state index contributed by atoms with van der Waals surface area (Å²) in [5, 5.41) is 0. The zero-order chi connectivity index (χ0) is 26.0. The van der Waals surface area contributed by atoms with Crippen molar-refractivity contribution in [1.29, 1.82) is 0 Å². The molecular formula is C25H35N3O6S. The number of hydrogen-bond acceptors (Lipinski definition) is 7. The zero-order valence-electron chi connectivity index (χ0n) is 21.3. The molecule has 0 atom stereocenters. The van der Waals surface area contributed by atoms with Crippen LogP contribution in [0.15, 0.2) is 29.2 Å². The zero-order valence-corrected chi connectivity index (χ0v) is 22.1. The maximum absolute atomic E-state index is 13.5. The van der Waals surface area contributed by atoms with Crippen molar-refractivity contribution in [2.75, 3.05) is 6.61 Å². The summed E-state index contributed by atoms with van der Waals surface area (Å²) < 4.78 is 21.7. The first-order valence-electron chi connectivity index (χ1n) is 11.8. The van der Waals surface area contributed by atoms with Crippen LogP contribution in [0.2, 0.25) is 0 Å². The van der Waals surface area contributed by atoms with Crippen LogP contribution in [0.5, 0.6) is 0 Å². The Morgan fingerprint density at radius 2 is 1.57 bits per heavy atom. The summed E-state index contributed by atoms with van der Waals surface area (Å²) in [6, 6.07) is 1.76. The van der Waals surface area contributed by atoms with E-state index in [0.29, 0.717) is 37.0 Å². The van der Waals surface area contributed by atoms with Crippen molar-refractivity contribution in [3.05, 3.63) is 39.5 Å². The molecule has 1 aliphatic heterocycles. The SMILES string of the molecule is CC(C)OCCn1c(=S)n2c(=O)c3c1ccn3COC(=O)C(C)(C)C/C=C/CC(C)(C)C(=O)OC2. The molecule has 1 aliphatic rings. The Kier molecular flexibility index (Phi) is 8.06. The minimum atomic E-state index is -0.825. The van der Waals surface area contributed by atoms with E-state index in [-0.39, 0.29) is 30.3 Å². The second kappa shape index (κ2) is 10.5. The van der Waals surface area contributed by atoms with Gasteiger partial charge in [0.25, 0.3) is 5.56 Å². The van der Waals surface area contributed by atoms with Gasteiger partial charge >= 0.3 is 11.9 Å². The summed E-state index contributed by atoms with van der Waals surface area (Å²) in [5.41, 5.74) is -1.13. The molecule has 2 bridgehead atoms. The number of aromatic nitrogens is 3. The number of esters is 2. The standard InChI is InChI=1S/C25H35N3O6S/c1-17(2)32-14-13-27-18-9-12-26-15-33-21(30)24(3,4)10-7-8-11-25(5,6)22(31)34-16-28(23(27)35)20(29)19(18)26/h7-9,12,17H,10-11,13-16H2,1-6H3/b8-7+. The summed E-state index contributed by atoms with van der Waals surface area (Å²) in [4.78, 5) is 39.2. The Morgan fingerprint density at radius 1 is 1.00 bits per heavy atom. The normalized spacial score (nSPS) is 19.6. The number of ether oxygens (including phenoxy) is 3. The summed E-state index contributed by atoms with van der Waals surface area (Å²) >= 11 is 5.63. The monoisotopic (exact) mass is 505 g/mol. The summed E-state index contributed by atoms with van der Waals surface area (Å²) in [7, 11) is 0. The first-order valence-corrected chi connectivity index (χ1v) is 12.2. The third-order valence-corrected chi connectivity index (χ3v) is 6.54. The third-order valence-electron chi connectivity index (χ3n) is 6.10. The number of rotatable bonds is 4. The highest BCUT2D eigenvalue weighted by Gasteiger charge is 2.31. The van der Waals surface area contributed by atoms with Crippen LogP contribution >= 0.6 is 12.2 Å². The fourth-order valence-electron chi connectivity index (χ4n) is 3.76. The first kappa shape index (κ1) is 26.9. The molecule has 0 spiro atoms. The van der Waals surface area contributed by atoms with Crippen molar-refractivity contribution in [2.24, 2.45) is 10.8 Å². The fraction of sp³-hybridized carbons (Fsp3) is 0.600. The highest BCUT2D eigenvalue weighted by atomic mass is 32.1. The molecule has 2 aromatic rings. The molecular weight excluding hydrogens is 470 g/mol. The average molecular weight is 506 g/mol. The van der Waals surface area contributed by atoms with E-state index >= 15 is 0 Å². The van der Waals surface area contributed by atoms with E-state index in [2.05, 4.69) is 0 Å². The lowest BCUT2D eigenvalue weighted by molar-refractivity contribution is -0.159. The minimum Gasteiger partial charge on any atom is -0.443 e. The van der Waals surface area contributed by atoms with Gasteiger partial charge in [0.1, 0.15) is 5.52 Å². The van der Waals surface area contributed by atoms with Crippen molar-refractivity contribution in [3.63, 3.8) is 0 Å². The number of allylic oxidation sites excluding steroid dienone is 2. The number of nitrogens with zero attached hydrogens (tertiary/aromatic N) is 3. The Balaban J connectivity index is 2.12. The molecule has 10 heteroatoms. The molecule has 0 saturated heterocycles. The molecule has 0 amide bonds. The summed E-state index contributed by atoms with van der Waals surface area (Å²) in [5.74, 6) is -0.826. The van der Waals surface area contributed by atoms with Gasteiger partial charge in [0, 0.05) is 12.7 Å². The lowest BCUT2D eigenvalue weighted by Crippen LogP contribution is -2.33. The lowest BCUT2D eigenvalue weighted by atomic mass is 9.86. The van der Waals surface area contributed by atoms with E-state index in [9.17, 15) is 14.4 Å². The smallest absolute Gasteiger partial charge is 0.313 e. The van der Waals surface area contributed by atoms with E-state index in [1.165, 1.54) is 4.57 Å². The molecule has 192 valence electrons. The van der Waals surface area contributed by atoms with Gasteiger partial charge in [0.2, 0.25) is 0 Å². The molecule has 0 N–H and O–H groups in total. The van der Waals surface area contributed by atoms with Gasteiger partial charge in [0.05, 0.1) is 29.1 Å². The van der Waals surface area contributed by atoms with Crippen molar-refractivity contribution in [2.45, 2.75) is 80.5 Å². The second-order valence-corrected chi connectivity index (χ2v) is 10.7. The maximum atomic E-state index is 13.5. The predicted molar refractivity (Wildman–Crippen MR) is 134 cm³/mol. The van der Waals surface area contributed by atoms with Gasteiger partial charge in [-0.3, -0.25) is 14.4 Å². The van der Waals surface area contributed by atoms with Crippen molar-refractivity contribution in [3.8, 4) is 0 Å². The van der Waals surface area contributed by atoms with E-state index in [1.807, 2.05) is 26.0 Å². The van der Waals surface area contributed by atoms with Gasteiger partial charge in [-0.2, -0.15) is 0 Å². The van der Waals surface area contributed by atoms with E-state index in [4.69, 9.17) is 26.4 Å². The van der Waals surface area contributed by atoms with Gasteiger partial charge in [0.15, 0.2) is 18.2 Å². The van der Waals surface area contributed by atoms with E-state index < -0.39 is 22.4 Å². The van der Waals surface area contributed by atoms with E-state index in [0.717, 1.165) is 0 Å². The molecule has 9 nitrogen and oxygen atoms in total. The van der Waals surface area contributed by atoms with Crippen LogP contribution in [-0.4, -0.2) is 38.4 Å². The quantitative estimate of drug-likeness (QED) is 0.350. The number of hydrogen-bond donors (Lipinski definition) is 0. The Labute approximate surface area is 210 Å². The van der Waals surface area contributed by atoms with Gasteiger partial charge in [-0.1, -0.05) is 12.2 Å². The predicted octanol–water partition coefficient (Wildman–Crippen LogP) is 4.16. The Morgan fingerprint density at radius 3 is 2.14 bits per heavy atom. The molecule has 0 aliphatic carbocycles. The summed E-state index contributed by atoms with van der Waals surface area (Å²) in [6.45, 7) is 11.4. The van der Waals surface area contributed by atoms with Crippen LogP contribution in [0, 0.1) is 15.6 Å². The molecule has 0 fully saturated rings. The molecule has 0 radical (unpaired) electrons. The second-order valence-electron chi connectivity index (χ2n) is 10.4. The highest BCUT2D eigenvalue weighted by Crippen LogP contribution is 2.27. The van der Waals surface area contributed by atoms with Crippen LogP contribution in [-0.2, 0) is 43.8 Å². The fourth-order valence-corrected chi connectivity index (χ4v) is 4.08. The molecule has 2 aromatic heterocycles. The van der Waals surface area contributed by atoms with Gasteiger partial charge in [-0.15, -0.1) is 0 Å². The van der Waals surface area contributed by atoms with Crippen molar-refractivity contribution < 1.29 is 23.8 Å². The Bertz CT molecular complexity index is 1250. The first-order chi connectivity index (χ1) is 16.3. The minimum absolute atomic E-state index is 0.0359. The molecule has 0 aromatic carbocycles. The van der Waals surface area contributed by atoms with Crippen LogP contribution < -0.4 is 5.56 Å². The third kappa shape index (κ3) is 5.92. The molecule has 3 heterocycles. The highest BCUT2D eigenvalue weighted by molar-refractivity contribution is 7.71. The Hall–Kier alpha value is -2.72. The van der Waals surface area contributed by atoms with Gasteiger partial charge in [-0.05, 0) is 72.7 Å². The van der Waals surface area contributed by atoms with Gasteiger partial charge < -0.3 is 23.3 Å². The van der Waals surface area contributed by atoms with E-state index in [1.54, 1.807) is 49.1 Å². The molecule has 0 unspecified atom stereocenters. The maximum Gasteiger partial charge on any atom is 0.313 e. The molecule has 3 rings (SSSR count). The molecule has 0 saturated carbocycles. The molecule has 35 heavy (non-hydrogen) atoms. The van der Waals surface area contributed by atoms with Crippen molar-refractivity contribution >= 4 is 35.2 Å². The lowest BCUT2D eigenvalue weighted by Gasteiger charge is -2.24. The van der Waals surface area contributed by atoms with Crippen LogP contribution in [0.4, 0.5) is 0 Å². The number of cyclic esters (lactones) is 2. The number of carbonyl (C=O) groups is 2. The van der Waals surface area contributed by atoms with Crippen LogP contribution in [0.25, 0.3) is 11.0 Å². The topological polar surface area (TPSA) is 93.7 Å². The number of fused-ring (bicyclic) bond motifs is 1. The number of carbonyl (C=O) groups excluding carboxylic acids is 2. The largest absolute Gasteiger partial charge is 0.443 e. The van der Waals surface area contributed by atoms with Crippen LogP contribution in [0.1, 0.15) is 54.4 Å². The van der Waals surface area contributed by atoms with Gasteiger partial charge in [-0.25, -0.2) is 4.57 Å². The van der Waals surface area contributed by atoms with Crippen LogP contribution in [0.3, 0.4) is 0 Å².